The summed E-state index contributed by atoms with van der Waals surface area (Å²) in [4.78, 5) is 24.3. The molecule has 1 aromatic carbocycles. The van der Waals surface area contributed by atoms with Crippen molar-refractivity contribution < 1.29 is 14.7 Å². The molecule has 3 N–H and O–H groups in total. The normalized spacial score (nSPS) is 10.1. The Kier molecular flexibility index (Phi) is 4.71. The summed E-state index contributed by atoms with van der Waals surface area (Å²) in [6, 6.07) is 5.16. The third-order valence-corrected chi connectivity index (χ3v) is 2.87. The Bertz CT molecular complexity index is 458. The molecule has 18 heavy (non-hydrogen) atoms. The van der Waals surface area contributed by atoms with Gasteiger partial charge in [0.1, 0.15) is 0 Å². The third kappa shape index (κ3) is 3.23. The van der Waals surface area contributed by atoms with Gasteiger partial charge in [-0.15, -0.1) is 0 Å². The average molecular weight is 250 g/mol. The molecule has 0 aliphatic heterocycles. The fraction of sp³-hybridized carbons (Fsp3) is 0.385. The van der Waals surface area contributed by atoms with Crippen molar-refractivity contribution in [1.82, 2.24) is 4.90 Å². The van der Waals surface area contributed by atoms with Crippen LogP contribution in [0.4, 0.5) is 5.69 Å². The summed E-state index contributed by atoms with van der Waals surface area (Å²) in [5, 5.41) is 8.65. The molecular weight excluding hydrogens is 232 g/mol. The van der Waals surface area contributed by atoms with E-state index < -0.39 is 5.97 Å². The fourth-order valence-electron chi connectivity index (χ4n) is 1.69. The molecule has 0 aliphatic rings. The maximum absolute atomic E-state index is 12.2. The van der Waals surface area contributed by atoms with E-state index in [0.29, 0.717) is 17.8 Å². The van der Waals surface area contributed by atoms with Crippen LogP contribution in [-0.4, -0.2) is 35.0 Å². The van der Waals surface area contributed by atoms with E-state index in [-0.39, 0.29) is 18.9 Å². The summed E-state index contributed by atoms with van der Waals surface area (Å²) >= 11 is 0. The second-order valence-corrected chi connectivity index (χ2v) is 4.05. The Morgan fingerprint density at radius 2 is 2.06 bits per heavy atom. The van der Waals surface area contributed by atoms with Crippen molar-refractivity contribution in [3.63, 3.8) is 0 Å². The largest absolute Gasteiger partial charge is 0.481 e. The van der Waals surface area contributed by atoms with Crippen LogP contribution in [-0.2, 0) is 4.79 Å². The molecule has 0 unspecified atom stereocenters. The Morgan fingerprint density at radius 3 is 2.61 bits per heavy atom. The van der Waals surface area contributed by atoms with Gasteiger partial charge in [-0.2, -0.15) is 0 Å². The van der Waals surface area contributed by atoms with Gasteiger partial charge in [-0.25, -0.2) is 0 Å². The van der Waals surface area contributed by atoms with E-state index in [0.717, 1.165) is 5.56 Å². The van der Waals surface area contributed by atoms with Gasteiger partial charge < -0.3 is 15.7 Å². The zero-order valence-corrected chi connectivity index (χ0v) is 10.6. The highest BCUT2D eigenvalue weighted by atomic mass is 16.4. The molecule has 0 saturated carbocycles. The summed E-state index contributed by atoms with van der Waals surface area (Å²) in [6.07, 6.45) is -0.0546. The van der Waals surface area contributed by atoms with Crippen molar-refractivity contribution >= 4 is 17.6 Å². The molecule has 0 spiro atoms. The first kappa shape index (κ1) is 14.0. The van der Waals surface area contributed by atoms with Gasteiger partial charge in [-0.3, -0.25) is 9.59 Å². The number of aliphatic carboxylic acids is 1. The molecule has 0 aliphatic carbocycles. The van der Waals surface area contributed by atoms with Gasteiger partial charge in [0.15, 0.2) is 0 Å². The number of anilines is 1. The average Bonchev–Trinajstić information content (AvgIpc) is 2.32. The fourth-order valence-corrected chi connectivity index (χ4v) is 1.69. The number of amides is 1. The number of nitrogen functional groups attached to an aromatic ring is 1. The molecule has 0 saturated heterocycles. The first-order valence-electron chi connectivity index (χ1n) is 5.83. The highest BCUT2D eigenvalue weighted by Crippen LogP contribution is 2.17. The number of carbonyl (C=O) groups is 2. The summed E-state index contributed by atoms with van der Waals surface area (Å²) in [5.74, 6) is -1.09. The Balaban J connectivity index is 2.89. The Hall–Kier alpha value is -2.04. The van der Waals surface area contributed by atoms with Gasteiger partial charge >= 0.3 is 5.97 Å². The summed E-state index contributed by atoms with van der Waals surface area (Å²) in [7, 11) is 0. The van der Waals surface area contributed by atoms with Crippen molar-refractivity contribution in [3.05, 3.63) is 29.3 Å². The number of carboxylic acid groups (broad SMARTS) is 1. The van der Waals surface area contributed by atoms with Gasteiger partial charge in [-0.1, -0.05) is 6.07 Å². The molecule has 1 amide bonds. The van der Waals surface area contributed by atoms with Crippen LogP contribution in [0.1, 0.15) is 29.3 Å². The van der Waals surface area contributed by atoms with Crippen LogP contribution in [0.25, 0.3) is 0 Å². The van der Waals surface area contributed by atoms with Crippen LogP contribution in [0.15, 0.2) is 18.2 Å². The molecule has 0 aromatic heterocycles. The van der Waals surface area contributed by atoms with E-state index in [1.165, 1.54) is 4.90 Å². The molecule has 5 heteroatoms. The number of nitrogens with two attached hydrogens (primary N) is 1. The number of carbonyl (C=O) groups excluding carboxylic acids is 1. The summed E-state index contributed by atoms with van der Waals surface area (Å²) < 4.78 is 0. The van der Waals surface area contributed by atoms with E-state index in [1.807, 2.05) is 6.92 Å². The molecule has 0 bridgehead atoms. The van der Waals surface area contributed by atoms with Gasteiger partial charge in [0.2, 0.25) is 0 Å². The van der Waals surface area contributed by atoms with E-state index >= 15 is 0 Å². The maximum Gasteiger partial charge on any atom is 0.305 e. The molecule has 0 fully saturated rings. The maximum atomic E-state index is 12.2. The van der Waals surface area contributed by atoms with Gasteiger partial charge in [-0.05, 0) is 31.5 Å². The standard InChI is InChI=1S/C13H18N2O3/c1-3-15(8-7-12(16)17)13(18)10-5-4-6-11(14)9(10)2/h4-6H,3,7-8,14H2,1-2H3,(H,16,17). The van der Waals surface area contributed by atoms with Crippen LogP contribution in [0, 0.1) is 6.92 Å². The molecule has 1 aromatic rings. The first-order chi connectivity index (χ1) is 8.47. The molecular formula is C13H18N2O3. The molecule has 0 heterocycles. The second-order valence-electron chi connectivity index (χ2n) is 4.05. The minimum atomic E-state index is -0.912. The quantitative estimate of drug-likeness (QED) is 0.776. The lowest BCUT2D eigenvalue weighted by Crippen LogP contribution is -2.33. The minimum Gasteiger partial charge on any atom is -0.481 e. The third-order valence-electron chi connectivity index (χ3n) is 2.87. The zero-order chi connectivity index (χ0) is 13.7. The highest BCUT2D eigenvalue weighted by Gasteiger charge is 2.17. The van der Waals surface area contributed by atoms with Gasteiger partial charge in [0.25, 0.3) is 5.91 Å². The summed E-state index contributed by atoms with van der Waals surface area (Å²) in [5.41, 5.74) is 7.58. The Morgan fingerprint density at radius 1 is 1.39 bits per heavy atom. The van der Waals surface area contributed by atoms with Gasteiger partial charge in [0, 0.05) is 24.3 Å². The van der Waals surface area contributed by atoms with Crippen molar-refractivity contribution in [2.24, 2.45) is 0 Å². The summed E-state index contributed by atoms with van der Waals surface area (Å²) in [6.45, 7) is 4.29. The van der Waals surface area contributed by atoms with E-state index in [9.17, 15) is 9.59 Å². The lowest BCUT2D eigenvalue weighted by Gasteiger charge is -2.21. The van der Waals surface area contributed by atoms with Crippen LogP contribution < -0.4 is 5.73 Å². The number of rotatable bonds is 5. The van der Waals surface area contributed by atoms with Crippen molar-refractivity contribution in [1.29, 1.82) is 0 Å². The minimum absolute atomic E-state index is 0.0546. The van der Waals surface area contributed by atoms with E-state index in [1.54, 1.807) is 25.1 Å². The van der Waals surface area contributed by atoms with Crippen molar-refractivity contribution in [2.45, 2.75) is 20.3 Å². The molecule has 0 atom stereocenters. The van der Waals surface area contributed by atoms with Crippen LogP contribution >= 0.6 is 0 Å². The number of hydrogen-bond donors (Lipinski definition) is 2. The monoisotopic (exact) mass is 250 g/mol. The number of carboxylic acids is 1. The SMILES string of the molecule is CCN(CCC(=O)O)C(=O)c1cccc(N)c1C. The van der Waals surface area contributed by atoms with Crippen LogP contribution in [0.2, 0.25) is 0 Å². The van der Waals surface area contributed by atoms with Gasteiger partial charge in [0.05, 0.1) is 6.42 Å². The van der Waals surface area contributed by atoms with E-state index in [4.69, 9.17) is 10.8 Å². The van der Waals surface area contributed by atoms with E-state index in [2.05, 4.69) is 0 Å². The zero-order valence-electron chi connectivity index (χ0n) is 10.6. The molecule has 98 valence electrons. The molecule has 0 radical (unpaired) electrons. The van der Waals surface area contributed by atoms with Crippen LogP contribution in [0.3, 0.4) is 0 Å². The predicted molar refractivity (Wildman–Crippen MR) is 69.4 cm³/mol. The second kappa shape index (κ2) is 6.05. The molecule has 1 rings (SSSR count). The number of hydrogen-bond acceptors (Lipinski definition) is 3. The lowest BCUT2D eigenvalue weighted by atomic mass is 10.1. The lowest BCUT2D eigenvalue weighted by molar-refractivity contribution is -0.137. The Labute approximate surface area is 106 Å². The smallest absolute Gasteiger partial charge is 0.305 e. The predicted octanol–water partition coefficient (Wildman–Crippen LogP) is 1.51. The number of nitrogens with zero attached hydrogens (tertiary/aromatic N) is 1. The van der Waals surface area contributed by atoms with Crippen LogP contribution in [0.5, 0.6) is 0 Å². The molecule has 5 nitrogen and oxygen atoms in total. The van der Waals surface area contributed by atoms with Crippen molar-refractivity contribution in [3.8, 4) is 0 Å². The first-order valence-corrected chi connectivity index (χ1v) is 5.83. The van der Waals surface area contributed by atoms with Crippen molar-refractivity contribution in [2.75, 3.05) is 18.8 Å². The highest BCUT2D eigenvalue weighted by molar-refractivity contribution is 5.97. The topological polar surface area (TPSA) is 83.6 Å². The number of benzene rings is 1.